The maximum atomic E-state index is 12.2. The lowest BCUT2D eigenvalue weighted by molar-refractivity contribution is -0.114. The first kappa shape index (κ1) is 17.3. The Balaban J connectivity index is 1.67. The summed E-state index contributed by atoms with van der Waals surface area (Å²) in [6.07, 6.45) is 4.17. The highest BCUT2D eigenvalue weighted by atomic mass is 32.2. The second kappa shape index (κ2) is 6.78. The first-order valence-electron chi connectivity index (χ1n) is 7.16. The molecule has 3 rings (SSSR count). The highest BCUT2D eigenvalue weighted by Gasteiger charge is 2.18. The largest absolute Gasteiger partial charge is 0.459 e. The van der Waals surface area contributed by atoms with Gasteiger partial charge in [-0.3, -0.25) is 9.59 Å². The van der Waals surface area contributed by atoms with E-state index in [1.54, 1.807) is 18.3 Å². The molecule has 0 saturated carbocycles. The summed E-state index contributed by atoms with van der Waals surface area (Å²) in [5, 5.41) is 3.31. The van der Waals surface area contributed by atoms with E-state index in [1.165, 1.54) is 24.0 Å². The summed E-state index contributed by atoms with van der Waals surface area (Å²) in [6, 6.07) is 3.40. The first-order chi connectivity index (χ1) is 11.9. The number of aromatic nitrogens is 2. The van der Waals surface area contributed by atoms with Crippen LogP contribution in [-0.2, 0) is 21.4 Å². The number of rotatable bonds is 6. The van der Waals surface area contributed by atoms with E-state index in [1.807, 2.05) is 0 Å². The van der Waals surface area contributed by atoms with E-state index in [2.05, 4.69) is 15.0 Å². The zero-order chi connectivity index (χ0) is 18.0. The van der Waals surface area contributed by atoms with Crippen LogP contribution in [0.15, 0.2) is 44.2 Å². The number of thiazole rings is 1. The number of pyridine rings is 1. The quantitative estimate of drug-likeness (QED) is 0.655. The van der Waals surface area contributed by atoms with Crippen molar-refractivity contribution in [3.63, 3.8) is 0 Å². The SMILES string of the molecule is CC(=O)Nc1ncc(S(=O)(=O)NCCn2ccc3ccoc3c2=O)s1. The van der Waals surface area contributed by atoms with Crippen molar-refractivity contribution < 1.29 is 17.6 Å². The van der Waals surface area contributed by atoms with Crippen LogP contribution in [0.1, 0.15) is 6.92 Å². The van der Waals surface area contributed by atoms with Crippen LogP contribution in [0.4, 0.5) is 5.13 Å². The number of fused-ring (bicyclic) bond motifs is 1. The molecule has 1 amide bonds. The van der Waals surface area contributed by atoms with Gasteiger partial charge in [0.25, 0.3) is 15.6 Å². The van der Waals surface area contributed by atoms with Crippen molar-refractivity contribution in [1.82, 2.24) is 14.3 Å². The zero-order valence-corrected chi connectivity index (χ0v) is 14.7. The molecule has 0 fully saturated rings. The van der Waals surface area contributed by atoms with Crippen LogP contribution in [0.2, 0.25) is 0 Å². The van der Waals surface area contributed by atoms with Crippen molar-refractivity contribution in [2.45, 2.75) is 17.7 Å². The topological polar surface area (TPSA) is 123 Å². The molecule has 0 unspecified atom stereocenters. The number of carbonyl (C=O) groups excluding carboxylic acids is 1. The van der Waals surface area contributed by atoms with E-state index < -0.39 is 10.0 Å². The third-order valence-corrected chi connectivity index (χ3v) is 6.10. The van der Waals surface area contributed by atoms with Crippen LogP contribution in [0.3, 0.4) is 0 Å². The number of nitrogens with one attached hydrogen (secondary N) is 2. The Morgan fingerprint density at radius 1 is 1.40 bits per heavy atom. The summed E-state index contributed by atoms with van der Waals surface area (Å²) < 4.78 is 33.3. The molecule has 3 heterocycles. The smallest absolute Gasteiger partial charge is 0.294 e. The molecule has 0 aliphatic carbocycles. The molecule has 132 valence electrons. The van der Waals surface area contributed by atoms with E-state index in [0.29, 0.717) is 5.39 Å². The van der Waals surface area contributed by atoms with Gasteiger partial charge in [-0.15, -0.1) is 0 Å². The number of hydrogen-bond donors (Lipinski definition) is 2. The Morgan fingerprint density at radius 2 is 2.20 bits per heavy atom. The fourth-order valence-electron chi connectivity index (χ4n) is 2.13. The molecular weight excluding hydrogens is 368 g/mol. The lowest BCUT2D eigenvalue weighted by Gasteiger charge is -2.07. The summed E-state index contributed by atoms with van der Waals surface area (Å²) in [7, 11) is -3.77. The van der Waals surface area contributed by atoms with Gasteiger partial charge in [0, 0.05) is 31.6 Å². The maximum Gasteiger partial charge on any atom is 0.294 e. The summed E-state index contributed by atoms with van der Waals surface area (Å²) in [5.74, 6) is -0.334. The molecule has 0 aliphatic rings. The predicted molar refractivity (Wildman–Crippen MR) is 92.1 cm³/mol. The van der Waals surface area contributed by atoms with Crippen LogP contribution >= 0.6 is 11.3 Å². The van der Waals surface area contributed by atoms with Crippen molar-refractivity contribution >= 4 is 43.4 Å². The van der Waals surface area contributed by atoms with E-state index in [9.17, 15) is 18.0 Å². The number of sulfonamides is 1. The average molecular weight is 382 g/mol. The maximum absolute atomic E-state index is 12.2. The van der Waals surface area contributed by atoms with Crippen molar-refractivity contribution in [3.8, 4) is 0 Å². The van der Waals surface area contributed by atoms with E-state index >= 15 is 0 Å². The Morgan fingerprint density at radius 3 is 2.96 bits per heavy atom. The van der Waals surface area contributed by atoms with Gasteiger partial charge in [-0.05, 0) is 12.1 Å². The minimum Gasteiger partial charge on any atom is -0.459 e. The lowest BCUT2D eigenvalue weighted by Crippen LogP contribution is -2.30. The minimum atomic E-state index is -3.77. The summed E-state index contributed by atoms with van der Waals surface area (Å²) >= 11 is 0.844. The van der Waals surface area contributed by atoms with Crippen LogP contribution in [0.25, 0.3) is 11.0 Å². The van der Waals surface area contributed by atoms with Crippen molar-refractivity contribution in [2.75, 3.05) is 11.9 Å². The Kier molecular flexibility index (Phi) is 4.70. The molecule has 9 nitrogen and oxygen atoms in total. The van der Waals surface area contributed by atoms with Gasteiger partial charge in [0.1, 0.15) is 0 Å². The molecule has 3 aromatic rings. The fraction of sp³-hybridized carbons (Fsp3) is 0.214. The molecule has 0 radical (unpaired) electrons. The average Bonchev–Trinajstić information content (AvgIpc) is 3.18. The highest BCUT2D eigenvalue weighted by Crippen LogP contribution is 2.22. The molecule has 0 spiro atoms. The third kappa shape index (κ3) is 3.78. The van der Waals surface area contributed by atoms with Crippen molar-refractivity contribution in [1.29, 1.82) is 0 Å². The third-order valence-electron chi connectivity index (χ3n) is 3.26. The Hall–Kier alpha value is -2.50. The monoisotopic (exact) mass is 382 g/mol. The van der Waals surface area contributed by atoms with Gasteiger partial charge in [-0.25, -0.2) is 18.1 Å². The molecular formula is C14H14N4O5S2. The molecule has 2 N–H and O–H groups in total. The molecule has 11 heteroatoms. The first-order valence-corrected chi connectivity index (χ1v) is 9.46. The number of nitrogens with zero attached hydrogens (tertiary/aromatic N) is 2. The second-order valence-electron chi connectivity index (χ2n) is 5.08. The number of hydrogen-bond acceptors (Lipinski definition) is 7. The van der Waals surface area contributed by atoms with Gasteiger partial charge >= 0.3 is 0 Å². The molecule has 0 atom stereocenters. The Labute approximate surface area is 146 Å². The molecule has 0 aromatic carbocycles. The number of carbonyl (C=O) groups is 1. The standard InChI is InChI=1S/C14H14N4O5S2/c1-9(19)17-14-15-8-11(24-14)25(21,22)16-4-6-18-5-2-10-3-7-23-12(10)13(18)20/h2-3,5,7-8,16H,4,6H2,1H3,(H,15,17,19). The summed E-state index contributed by atoms with van der Waals surface area (Å²) in [6.45, 7) is 1.47. The molecule has 0 saturated heterocycles. The van der Waals surface area contributed by atoms with E-state index in [0.717, 1.165) is 11.3 Å². The van der Waals surface area contributed by atoms with Crippen molar-refractivity contribution in [3.05, 3.63) is 41.1 Å². The van der Waals surface area contributed by atoms with Crippen LogP contribution in [0.5, 0.6) is 0 Å². The van der Waals surface area contributed by atoms with E-state index in [4.69, 9.17) is 4.42 Å². The van der Waals surface area contributed by atoms with Gasteiger partial charge in [0.05, 0.1) is 12.5 Å². The van der Waals surface area contributed by atoms with Gasteiger partial charge in [-0.2, -0.15) is 0 Å². The van der Waals surface area contributed by atoms with Gasteiger partial charge in [0.2, 0.25) is 5.91 Å². The molecule has 0 bridgehead atoms. The van der Waals surface area contributed by atoms with Crippen LogP contribution in [-0.4, -0.2) is 30.4 Å². The van der Waals surface area contributed by atoms with Gasteiger partial charge in [0.15, 0.2) is 14.9 Å². The molecule has 0 aliphatic heterocycles. The highest BCUT2D eigenvalue weighted by molar-refractivity contribution is 7.91. The fourth-order valence-corrected chi connectivity index (χ4v) is 4.27. The molecule has 3 aromatic heterocycles. The number of amides is 1. The van der Waals surface area contributed by atoms with Crippen LogP contribution < -0.4 is 15.6 Å². The summed E-state index contributed by atoms with van der Waals surface area (Å²) in [5.41, 5.74) is -0.0970. The molecule has 25 heavy (non-hydrogen) atoms. The predicted octanol–water partition coefficient (Wildman–Crippen LogP) is 0.988. The second-order valence-corrected chi connectivity index (χ2v) is 8.11. The Bertz CT molecular complexity index is 1080. The zero-order valence-electron chi connectivity index (χ0n) is 13.1. The number of furan rings is 1. The number of anilines is 1. The van der Waals surface area contributed by atoms with Gasteiger partial charge in [-0.1, -0.05) is 11.3 Å². The minimum absolute atomic E-state index is 0.0157. The van der Waals surface area contributed by atoms with Crippen molar-refractivity contribution in [2.24, 2.45) is 0 Å². The van der Waals surface area contributed by atoms with E-state index in [-0.39, 0.29) is 39.5 Å². The normalized spacial score (nSPS) is 11.7. The van der Waals surface area contributed by atoms with Gasteiger partial charge < -0.3 is 14.3 Å². The lowest BCUT2D eigenvalue weighted by atomic mass is 10.3. The van der Waals surface area contributed by atoms with Crippen LogP contribution in [0, 0.1) is 0 Å². The summed E-state index contributed by atoms with van der Waals surface area (Å²) in [4.78, 5) is 27.0.